The topological polar surface area (TPSA) is 65.8 Å². The molecule has 1 fully saturated rings. The lowest BCUT2D eigenvalue weighted by molar-refractivity contribution is -0.110. The van der Waals surface area contributed by atoms with Crippen LogP contribution in [0.2, 0.25) is 5.02 Å². The Balaban J connectivity index is 1.39. The number of hydrogen-bond acceptors (Lipinski definition) is 4. The molecule has 0 saturated carbocycles. The minimum Gasteiger partial charge on any atom is -0.457 e. The van der Waals surface area contributed by atoms with Crippen LogP contribution in [0.5, 0.6) is 0 Å². The van der Waals surface area contributed by atoms with Gasteiger partial charge in [-0.15, -0.1) is 0 Å². The van der Waals surface area contributed by atoms with Gasteiger partial charge in [-0.25, -0.2) is 0 Å². The normalized spacial score (nSPS) is 17.7. The summed E-state index contributed by atoms with van der Waals surface area (Å²) in [6, 6.07) is 16.5. The van der Waals surface area contributed by atoms with E-state index in [9.17, 15) is 9.59 Å². The number of halogens is 1. The smallest absolute Gasteiger partial charge is 0.256 e. The molecule has 1 N–H and O–H groups in total. The molecule has 33 heavy (non-hydrogen) atoms. The van der Waals surface area contributed by atoms with Crippen molar-refractivity contribution in [3.8, 4) is 11.3 Å². The van der Waals surface area contributed by atoms with Gasteiger partial charge in [0.1, 0.15) is 11.5 Å². The number of nitrogens with zero attached hydrogens (tertiary/aromatic N) is 2. The standard InChI is InChI=1S/C26H24ClN3O3/c1-29-10-3-11-30(13-12-29)26(32)18-5-2-4-17(14-18)24-9-7-20(33-24)16-22-21-15-19(27)6-8-23(21)28-25(22)31/h2,4-9,14-16H,3,10-13H2,1H3,(H,28,31)/b22-16-. The lowest BCUT2D eigenvalue weighted by atomic mass is 10.1. The van der Waals surface area contributed by atoms with Crippen molar-refractivity contribution in [2.75, 3.05) is 38.5 Å². The third-order valence-corrected chi connectivity index (χ3v) is 6.31. The van der Waals surface area contributed by atoms with Crippen LogP contribution in [-0.2, 0) is 4.79 Å². The number of fused-ring (bicyclic) bond motifs is 1. The van der Waals surface area contributed by atoms with Gasteiger partial charge in [0.25, 0.3) is 11.8 Å². The lowest BCUT2D eigenvalue weighted by Crippen LogP contribution is -2.34. The molecule has 2 amide bonds. The third-order valence-electron chi connectivity index (χ3n) is 6.08. The number of anilines is 1. The number of nitrogens with one attached hydrogen (secondary N) is 1. The average Bonchev–Trinajstić information content (AvgIpc) is 3.33. The summed E-state index contributed by atoms with van der Waals surface area (Å²) in [5.74, 6) is 1.03. The Morgan fingerprint density at radius 3 is 2.82 bits per heavy atom. The zero-order valence-corrected chi connectivity index (χ0v) is 19.1. The van der Waals surface area contributed by atoms with Crippen LogP contribution < -0.4 is 5.32 Å². The van der Waals surface area contributed by atoms with Crippen molar-refractivity contribution in [1.82, 2.24) is 9.80 Å². The summed E-state index contributed by atoms with van der Waals surface area (Å²) >= 11 is 6.11. The molecule has 0 aliphatic carbocycles. The molecule has 2 aliphatic rings. The summed E-state index contributed by atoms with van der Waals surface area (Å²) in [5.41, 5.74) is 3.45. The van der Waals surface area contributed by atoms with Gasteiger partial charge < -0.3 is 19.5 Å². The van der Waals surface area contributed by atoms with E-state index in [-0.39, 0.29) is 11.8 Å². The molecule has 2 aromatic carbocycles. The van der Waals surface area contributed by atoms with Crippen molar-refractivity contribution >= 4 is 40.8 Å². The highest BCUT2D eigenvalue weighted by Crippen LogP contribution is 2.35. The second-order valence-corrected chi connectivity index (χ2v) is 8.87. The Morgan fingerprint density at radius 2 is 1.94 bits per heavy atom. The van der Waals surface area contributed by atoms with Crippen molar-refractivity contribution in [2.24, 2.45) is 0 Å². The summed E-state index contributed by atoms with van der Waals surface area (Å²) in [5, 5.41) is 3.40. The second kappa shape index (κ2) is 8.89. The average molecular weight is 462 g/mol. The monoisotopic (exact) mass is 461 g/mol. The molecule has 0 atom stereocenters. The number of benzene rings is 2. The van der Waals surface area contributed by atoms with Crippen LogP contribution in [-0.4, -0.2) is 54.8 Å². The summed E-state index contributed by atoms with van der Waals surface area (Å²) in [4.78, 5) is 29.7. The SMILES string of the molecule is CN1CCCN(C(=O)c2cccc(-c3ccc(/C=C4\C(=O)Nc5ccc(Cl)cc54)o3)c2)CC1. The highest BCUT2D eigenvalue weighted by Gasteiger charge is 2.25. The van der Waals surface area contributed by atoms with E-state index in [1.165, 1.54) is 0 Å². The van der Waals surface area contributed by atoms with E-state index in [1.54, 1.807) is 24.3 Å². The van der Waals surface area contributed by atoms with Crippen LogP contribution >= 0.6 is 11.6 Å². The molecule has 0 bridgehead atoms. The van der Waals surface area contributed by atoms with Gasteiger partial charge in [-0.05, 0) is 68.6 Å². The second-order valence-electron chi connectivity index (χ2n) is 8.43. The predicted octanol–water partition coefficient (Wildman–Crippen LogP) is 4.87. The molecule has 3 heterocycles. The van der Waals surface area contributed by atoms with E-state index in [2.05, 4.69) is 17.3 Å². The summed E-state index contributed by atoms with van der Waals surface area (Å²) in [6.07, 6.45) is 2.68. The van der Waals surface area contributed by atoms with Gasteiger partial charge in [-0.3, -0.25) is 9.59 Å². The molecule has 6 nitrogen and oxygen atoms in total. The van der Waals surface area contributed by atoms with Gasteiger partial charge in [0.15, 0.2) is 0 Å². The molecule has 168 valence electrons. The highest BCUT2D eigenvalue weighted by atomic mass is 35.5. The van der Waals surface area contributed by atoms with Crippen molar-refractivity contribution in [2.45, 2.75) is 6.42 Å². The highest BCUT2D eigenvalue weighted by molar-refractivity contribution is 6.36. The Morgan fingerprint density at radius 1 is 1.06 bits per heavy atom. The van der Waals surface area contributed by atoms with Gasteiger partial charge in [0, 0.05) is 47.0 Å². The number of carbonyl (C=O) groups is 2. The first-order valence-corrected chi connectivity index (χ1v) is 11.4. The maximum atomic E-state index is 13.1. The molecule has 2 aliphatic heterocycles. The van der Waals surface area contributed by atoms with E-state index >= 15 is 0 Å². The first kappa shape index (κ1) is 21.5. The van der Waals surface area contributed by atoms with Gasteiger partial charge in [0.2, 0.25) is 0 Å². The Hall–Kier alpha value is -3.35. The summed E-state index contributed by atoms with van der Waals surface area (Å²) in [7, 11) is 2.08. The van der Waals surface area contributed by atoms with Gasteiger partial charge in [-0.1, -0.05) is 23.7 Å². The van der Waals surface area contributed by atoms with Crippen molar-refractivity contribution in [1.29, 1.82) is 0 Å². The van der Waals surface area contributed by atoms with Crippen LogP contribution in [0.25, 0.3) is 23.0 Å². The fraction of sp³-hybridized carbons (Fsp3) is 0.231. The van der Waals surface area contributed by atoms with E-state index in [0.717, 1.165) is 49.4 Å². The Kier molecular flexibility index (Phi) is 5.79. The van der Waals surface area contributed by atoms with E-state index in [0.29, 0.717) is 27.7 Å². The van der Waals surface area contributed by atoms with E-state index in [1.807, 2.05) is 41.3 Å². The maximum Gasteiger partial charge on any atom is 0.256 e. The minimum absolute atomic E-state index is 0.0390. The predicted molar refractivity (Wildman–Crippen MR) is 130 cm³/mol. The molecule has 7 heteroatoms. The molecule has 0 spiro atoms. The Bertz CT molecular complexity index is 1260. The number of carbonyl (C=O) groups excluding carboxylic acids is 2. The quantitative estimate of drug-likeness (QED) is 0.565. The van der Waals surface area contributed by atoms with Crippen LogP contribution in [0.4, 0.5) is 5.69 Å². The molecular formula is C26H24ClN3O3. The largest absolute Gasteiger partial charge is 0.457 e. The molecule has 0 radical (unpaired) electrons. The fourth-order valence-corrected chi connectivity index (χ4v) is 4.44. The van der Waals surface area contributed by atoms with Crippen LogP contribution in [0.15, 0.2) is 59.0 Å². The first-order chi connectivity index (χ1) is 16.0. The lowest BCUT2D eigenvalue weighted by Gasteiger charge is -2.20. The summed E-state index contributed by atoms with van der Waals surface area (Å²) < 4.78 is 6.02. The van der Waals surface area contributed by atoms with E-state index in [4.69, 9.17) is 16.0 Å². The van der Waals surface area contributed by atoms with Gasteiger partial charge >= 0.3 is 0 Å². The fourth-order valence-electron chi connectivity index (χ4n) is 4.27. The number of likely N-dealkylation sites (N-methyl/N-ethyl adjacent to an activating group) is 1. The van der Waals surface area contributed by atoms with Gasteiger partial charge in [-0.2, -0.15) is 0 Å². The van der Waals surface area contributed by atoms with Crippen molar-refractivity contribution < 1.29 is 14.0 Å². The molecule has 5 rings (SSSR count). The number of hydrogen-bond donors (Lipinski definition) is 1. The number of rotatable bonds is 3. The van der Waals surface area contributed by atoms with E-state index < -0.39 is 0 Å². The van der Waals surface area contributed by atoms with Crippen LogP contribution in [0, 0.1) is 0 Å². The minimum atomic E-state index is -0.194. The van der Waals surface area contributed by atoms with Crippen LogP contribution in [0.3, 0.4) is 0 Å². The zero-order chi connectivity index (χ0) is 22.9. The van der Waals surface area contributed by atoms with Crippen molar-refractivity contribution in [3.05, 3.63) is 76.5 Å². The molecular weight excluding hydrogens is 438 g/mol. The number of amides is 2. The molecule has 1 aromatic heterocycles. The molecule has 3 aromatic rings. The molecule has 0 unspecified atom stereocenters. The zero-order valence-electron chi connectivity index (χ0n) is 18.3. The first-order valence-electron chi connectivity index (χ1n) is 11.0. The summed E-state index contributed by atoms with van der Waals surface area (Å²) in [6.45, 7) is 3.37. The maximum absolute atomic E-state index is 13.1. The third kappa shape index (κ3) is 4.45. The van der Waals surface area contributed by atoms with Crippen LogP contribution in [0.1, 0.15) is 28.1 Å². The van der Waals surface area contributed by atoms with Crippen molar-refractivity contribution in [3.63, 3.8) is 0 Å². The molecule has 1 saturated heterocycles. The number of furan rings is 1. The Labute approximate surface area is 197 Å². The van der Waals surface area contributed by atoms with Gasteiger partial charge in [0.05, 0.1) is 5.57 Å².